The number of aryl methyl sites for hydroxylation is 1. The van der Waals surface area contributed by atoms with Crippen LogP contribution in [0.3, 0.4) is 0 Å². The van der Waals surface area contributed by atoms with Crippen LogP contribution in [0.25, 0.3) is 10.2 Å². The molecule has 0 bridgehead atoms. The molecule has 7 heteroatoms. The van der Waals surface area contributed by atoms with E-state index < -0.39 is 7.05 Å². The van der Waals surface area contributed by atoms with Crippen molar-refractivity contribution in [2.75, 3.05) is 13.7 Å². The van der Waals surface area contributed by atoms with Gasteiger partial charge in [0, 0.05) is 34.1 Å². The number of carbonyl (C=O) groups is 1. The van der Waals surface area contributed by atoms with E-state index in [1.807, 2.05) is 74.5 Å². The van der Waals surface area contributed by atoms with Gasteiger partial charge in [-0.15, -0.1) is 11.3 Å². The van der Waals surface area contributed by atoms with Crippen LogP contribution >= 0.6 is 18.4 Å². The summed E-state index contributed by atoms with van der Waals surface area (Å²) in [5, 5.41) is 4.14. The molecule has 0 saturated carbocycles. The molecule has 2 aromatic heterocycles. The number of pyridine rings is 1. The van der Waals surface area contributed by atoms with Gasteiger partial charge in [-0.2, -0.15) is 0 Å². The molecular formula is C31H29N2O3PS. The Labute approximate surface area is 227 Å². The SMILES string of the molecule is CCOC(=O)c1sc2nc(C)cc(COC)c2c1N=P(c1ccccc1)(c1ccccc1)c1ccccc1. The van der Waals surface area contributed by atoms with Gasteiger partial charge in [0.25, 0.3) is 0 Å². The fourth-order valence-electron chi connectivity index (χ4n) is 4.70. The molecule has 0 aliphatic heterocycles. The highest BCUT2D eigenvalue weighted by Crippen LogP contribution is 2.53. The van der Waals surface area contributed by atoms with E-state index in [1.165, 1.54) is 11.3 Å². The van der Waals surface area contributed by atoms with Crippen LogP contribution in [-0.2, 0) is 16.1 Å². The summed E-state index contributed by atoms with van der Waals surface area (Å²) in [6, 6.07) is 33.1. The van der Waals surface area contributed by atoms with Crippen molar-refractivity contribution in [2.45, 2.75) is 20.5 Å². The standard InChI is InChI=1S/C31H29N2O3PS/c1-4-36-31(34)29-28(27-23(21-35-3)20-22(2)32-30(27)38-29)33-37(24-14-8-5-9-15-24,25-16-10-6-11-17-25)26-18-12-7-13-19-26/h5-20H,4,21H2,1-3H3. The molecule has 38 heavy (non-hydrogen) atoms. The maximum atomic E-state index is 13.4. The number of hydrogen-bond donors (Lipinski definition) is 0. The summed E-state index contributed by atoms with van der Waals surface area (Å²) in [6.45, 7) is 4.43. The van der Waals surface area contributed by atoms with Crippen LogP contribution in [-0.4, -0.2) is 24.7 Å². The second-order valence-electron chi connectivity index (χ2n) is 8.78. The zero-order valence-corrected chi connectivity index (χ0v) is 23.3. The number of esters is 1. The molecule has 0 atom stereocenters. The number of rotatable bonds is 8. The van der Waals surface area contributed by atoms with E-state index in [-0.39, 0.29) is 12.6 Å². The van der Waals surface area contributed by atoms with Crippen LogP contribution in [0.5, 0.6) is 0 Å². The topological polar surface area (TPSA) is 60.8 Å². The Morgan fingerprint density at radius 2 is 1.42 bits per heavy atom. The Morgan fingerprint density at radius 1 is 0.895 bits per heavy atom. The molecule has 0 amide bonds. The first-order valence-corrected chi connectivity index (χ1v) is 15.0. The summed E-state index contributed by atoms with van der Waals surface area (Å²) < 4.78 is 16.8. The van der Waals surface area contributed by atoms with E-state index in [1.54, 1.807) is 7.11 Å². The number of thiophene rings is 1. The Hall–Kier alpha value is -3.57. The lowest BCUT2D eigenvalue weighted by Gasteiger charge is -2.27. The van der Waals surface area contributed by atoms with Crippen molar-refractivity contribution in [2.24, 2.45) is 4.74 Å². The van der Waals surface area contributed by atoms with E-state index in [0.717, 1.165) is 37.4 Å². The lowest BCUT2D eigenvalue weighted by atomic mass is 10.1. The quantitative estimate of drug-likeness (QED) is 0.162. The number of aromatic nitrogens is 1. The van der Waals surface area contributed by atoms with E-state index in [9.17, 15) is 4.79 Å². The molecule has 0 spiro atoms. The van der Waals surface area contributed by atoms with Crippen molar-refractivity contribution in [3.05, 3.63) is 113 Å². The molecule has 3 aromatic carbocycles. The Kier molecular flexibility index (Phi) is 7.85. The molecule has 0 saturated heterocycles. The van der Waals surface area contributed by atoms with Gasteiger partial charge in [0.1, 0.15) is 9.71 Å². The van der Waals surface area contributed by atoms with Gasteiger partial charge in [-0.3, -0.25) is 4.74 Å². The molecule has 0 fully saturated rings. The van der Waals surface area contributed by atoms with E-state index >= 15 is 0 Å². The number of benzene rings is 3. The summed E-state index contributed by atoms with van der Waals surface area (Å²) in [6.07, 6.45) is 0. The molecule has 0 N–H and O–H groups in total. The smallest absolute Gasteiger partial charge is 0.350 e. The van der Waals surface area contributed by atoms with E-state index in [4.69, 9.17) is 19.2 Å². The number of nitrogens with zero attached hydrogens (tertiary/aromatic N) is 2. The fourth-order valence-corrected chi connectivity index (χ4v) is 9.42. The molecular weight excluding hydrogens is 511 g/mol. The molecule has 0 aliphatic rings. The van der Waals surface area contributed by atoms with Crippen molar-refractivity contribution in [3.8, 4) is 0 Å². The minimum absolute atomic E-state index is 0.278. The minimum Gasteiger partial charge on any atom is -0.462 e. The van der Waals surface area contributed by atoms with Gasteiger partial charge in [0.15, 0.2) is 0 Å². The first kappa shape index (κ1) is 26.1. The van der Waals surface area contributed by atoms with Gasteiger partial charge in [0.05, 0.1) is 26.0 Å². The van der Waals surface area contributed by atoms with Crippen molar-refractivity contribution < 1.29 is 14.3 Å². The number of ether oxygens (including phenoxy) is 2. The van der Waals surface area contributed by atoms with Crippen LogP contribution in [0.15, 0.2) is 102 Å². The fraction of sp³-hybridized carbons (Fsp3) is 0.161. The van der Waals surface area contributed by atoms with Gasteiger partial charge < -0.3 is 9.47 Å². The number of hydrogen-bond acceptors (Lipinski definition) is 6. The highest BCUT2D eigenvalue weighted by Gasteiger charge is 2.31. The molecule has 5 aromatic rings. The predicted molar refractivity (Wildman–Crippen MR) is 158 cm³/mol. The maximum absolute atomic E-state index is 13.4. The maximum Gasteiger partial charge on any atom is 0.350 e. The lowest BCUT2D eigenvalue weighted by Crippen LogP contribution is -2.25. The van der Waals surface area contributed by atoms with Gasteiger partial charge in [0.2, 0.25) is 0 Å². The Morgan fingerprint density at radius 3 is 1.89 bits per heavy atom. The molecule has 0 radical (unpaired) electrons. The van der Waals surface area contributed by atoms with Crippen molar-refractivity contribution >= 4 is 56.2 Å². The summed E-state index contributed by atoms with van der Waals surface area (Å²) in [7, 11) is -0.954. The number of carbonyl (C=O) groups excluding carboxylic acids is 1. The highest BCUT2D eigenvalue weighted by molar-refractivity contribution is 7.87. The van der Waals surface area contributed by atoms with E-state index in [2.05, 4.69) is 36.4 Å². The average Bonchev–Trinajstić information content (AvgIpc) is 3.31. The normalized spacial score (nSPS) is 11.4. The third-order valence-corrected chi connectivity index (χ3v) is 10.9. The Bertz CT molecular complexity index is 1510. The Balaban J connectivity index is 2.00. The third kappa shape index (κ3) is 4.83. The van der Waals surface area contributed by atoms with Crippen LogP contribution in [0.4, 0.5) is 5.69 Å². The van der Waals surface area contributed by atoms with Gasteiger partial charge >= 0.3 is 5.97 Å². The van der Waals surface area contributed by atoms with Gasteiger partial charge in [-0.25, -0.2) is 9.78 Å². The molecule has 192 valence electrons. The lowest BCUT2D eigenvalue weighted by molar-refractivity contribution is 0.0533. The average molecular weight is 541 g/mol. The largest absolute Gasteiger partial charge is 0.462 e. The summed E-state index contributed by atoms with van der Waals surface area (Å²) >= 11 is 1.34. The minimum atomic E-state index is -2.63. The van der Waals surface area contributed by atoms with Crippen LogP contribution < -0.4 is 15.9 Å². The highest BCUT2D eigenvalue weighted by atomic mass is 32.1. The molecule has 0 aliphatic carbocycles. The summed E-state index contributed by atoms with van der Waals surface area (Å²) in [4.78, 5) is 19.4. The van der Waals surface area contributed by atoms with Crippen molar-refractivity contribution in [1.29, 1.82) is 0 Å². The van der Waals surface area contributed by atoms with Crippen LogP contribution in [0.2, 0.25) is 0 Å². The van der Waals surface area contributed by atoms with Gasteiger partial charge in [-0.05, 0) is 25.5 Å². The molecule has 5 rings (SSSR count). The second kappa shape index (κ2) is 11.4. The summed E-state index contributed by atoms with van der Waals surface area (Å²) in [5.41, 5.74) is 2.43. The molecule has 2 heterocycles. The molecule has 0 unspecified atom stereocenters. The third-order valence-electron chi connectivity index (χ3n) is 6.25. The van der Waals surface area contributed by atoms with Crippen molar-refractivity contribution in [1.82, 2.24) is 4.98 Å². The number of fused-ring (bicyclic) bond motifs is 1. The first-order valence-electron chi connectivity index (χ1n) is 12.5. The number of methoxy groups -OCH3 is 1. The van der Waals surface area contributed by atoms with Gasteiger partial charge in [-0.1, -0.05) is 91.0 Å². The first-order chi connectivity index (χ1) is 18.6. The summed E-state index contributed by atoms with van der Waals surface area (Å²) in [5.74, 6) is -0.387. The van der Waals surface area contributed by atoms with Crippen LogP contribution in [0, 0.1) is 6.92 Å². The second-order valence-corrected chi connectivity index (χ2v) is 12.8. The predicted octanol–water partition coefficient (Wildman–Crippen LogP) is 6.74. The zero-order chi connectivity index (χ0) is 26.5. The molecule has 5 nitrogen and oxygen atoms in total. The zero-order valence-electron chi connectivity index (χ0n) is 21.6. The van der Waals surface area contributed by atoms with E-state index in [0.29, 0.717) is 17.2 Å². The monoisotopic (exact) mass is 540 g/mol. The van der Waals surface area contributed by atoms with Crippen LogP contribution in [0.1, 0.15) is 27.9 Å². The van der Waals surface area contributed by atoms with Crippen molar-refractivity contribution in [3.63, 3.8) is 0 Å².